The molecule has 0 saturated carbocycles. The van der Waals surface area contributed by atoms with Crippen molar-refractivity contribution in [3.63, 3.8) is 0 Å². The number of hydrogen-bond acceptors (Lipinski definition) is 4. The number of nitrogens with zero attached hydrogens (tertiary/aromatic N) is 2. The van der Waals surface area contributed by atoms with Crippen molar-refractivity contribution < 1.29 is 15.0 Å². The number of carboxylic acids is 1. The normalized spacial score (nSPS) is 8.92. The fraction of sp³-hybridized carbons (Fsp3) is 0. The Labute approximate surface area is 67.5 Å². The van der Waals surface area contributed by atoms with Crippen LogP contribution >= 0.6 is 0 Å². The molecule has 0 spiro atoms. The first-order valence-electron chi connectivity index (χ1n) is 2.97. The first kappa shape index (κ1) is 8.01. The van der Waals surface area contributed by atoms with E-state index >= 15 is 0 Å². The predicted octanol–water partition coefficient (Wildman–Crippen LogP) is 0.357. The second-order valence-corrected chi connectivity index (χ2v) is 2.00. The number of hydrogen-bond donors (Lipinski definition) is 2. The van der Waals surface area contributed by atoms with Gasteiger partial charge in [0.25, 0.3) is 0 Å². The summed E-state index contributed by atoms with van der Waals surface area (Å²) in [6.07, 6.45) is 2.06. The van der Waals surface area contributed by atoms with E-state index in [-0.39, 0.29) is 5.56 Å². The third-order valence-electron chi connectivity index (χ3n) is 1.26. The van der Waals surface area contributed by atoms with Gasteiger partial charge in [-0.1, -0.05) is 0 Å². The smallest absolute Gasteiger partial charge is 0.340 e. The molecule has 5 heteroatoms. The maximum Gasteiger partial charge on any atom is 0.340 e. The molecule has 0 aromatic carbocycles. The Kier molecular flexibility index (Phi) is 1.92. The topological polar surface area (TPSA) is 94.2 Å². The minimum Gasteiger partial charge on any atom is -0.505 e. The van der Waals surface area contributed by atoms with E-state index in [9.17, 15) is 4.79 Å². The molecule has 2 N–H and O–H groups in total. The van der Waals surface area contributed by atoms with E-state index in [4.69, 9.17) is 15.5 Å². The van der Waals surface area contributed by atoms with Gasteiger partial charge in [-0.3, -0.25) is 4.98 Å². The highest BCUT2D eigenvalue weighted by molar-refractivity contribution is 5.93. The van der Waals surface area contributed by atoms with Gasteiger partial charge in [-0.15, -0.1) is 0 Å². The Hall–Kier alpha value is -2.09. The highest BCUT2D eigenvalue weighted by atomic mass is 16.4. The van der Waals surface area contributed by atoms with Gasteiger partial charge in [0, 0.05) is 6.20 Å². The number of nitriles is 1. The fourth-order valence-electron chi connectivity index (χ4n) is 0.759. The molecule has 0 aliphatic carbocycles. The summed E-state index contributed by atoms with van der Waals surface area (Å²) >= 11 is 0. The lowest BCUT2D eigenvalue weighted by Gasteiger charge is -1.98. The molecular weight excluding hydrogens is 160 g/mol. The van der Waals surface area contributed by atoms with E-state index < -0.39 is 17.3 Å². The number of aromatic carboxylic acids is 1. The van der Waals surface area contributed by atoms with Gasteiger partial charge < -0.3 is 10.2 Å². The Balaban J connectivity index is 3.42. The monoisotopic (exact) mass is 164 g/mol. The maximum absolute atomic E-state index is 10.5. The van der Waals surface area contributed by atoms with Gasteiger partial charge >= 0.3 is 5.97 Å². The second-order valence-electron chi connectivity index (χ2n) is 2.00. The zero-order valence-electron chi connectivity index (χ0n) is 5.85. The lowest BCUT2D eigenvalue weighted by molar-refractivity contribution is 0.0693. The number of pyridine rings is 1. The summed E-state index contributed by atoms with van der Waals surface area (Å²) in [5, 5.41) is 26.0. The van der Waals surface area contributed by atoms with Crippen molar-refractivity contribution in [3.05, 3.63) is 23.5 Å². The standard InChI is InChI=1S/C7H4N2O3/c8-1-4-2-9-3-5(10)6(4)7(11)12/h2-3,10H,(H,11,12). The van der Waals surface area contributed by atoms with Gasteiger partial charge in [0.1, 0.15) is 17.4 Å². The molecule has 0 atom stereocenters. The van der Waals surface area contributed by atoms with Crippen molar-refractivity contribution in [2.45, 2.75) is 0 Å². The fourth-order valence-corrected chi connectivity index (χ4v) is 0.759. The molecule has 0 saturated heterocycles. The van der Waals surface area contributed by atoms with Gasteiger partial charge in [0.15, 0.2) is 0 Å². The predicted molar refractivity (Wildman–Crippen MR) is 37.6 cm³/mol. The van der Waals surface area contributed by atoms with Crippen LogP contribution in [-0.2, 0) is 0 Å². The van der Waals surface area contributed by atoms with Crippen molar-refractivity contribution in [3.8, 4) is 11.8 Å². The molecule has 0 radical (unpaired) electrons. The largest absolute Gasteiger partial charge is 0.505 e. The van der Waals surface area contributed by atoms with E-state index in [2.05, 4.69) is 4.98 Å². The van der Waals surface area contributed by atoms with Crippen LogP contribution in [0.25, 0.3) is 0 Å². The van der Waals surface area contributed by atoms with E-state index in [0.29, 0.717) is 0 Å². The van der Waals surface area contributed by atoms with Crippen LogP contribution in [0.1, 0.15) is 15.9 Å². The highest BCUT2D eigenvalue weighted by Gasteiger charge is 2.14. The molecule has 0 unspecified atom stereocenters. The van der Waals surface area contributed by atoms with Gasteiger partial charge in [-0.25, -0.2) is 4.79 Å². The molecule has 12 heavy (non-hydrogen) atoms. The van der Waals surface area contributed by atoms with Crippen molar-refractivity contribution >= 4 is 5.97 Å². The lowest BCUT2D eigenvalue weighted by Crippen LogP contribution is -2.01. The summed E-state index contributed by atoms with van der Waals surface area (Å²) < 4.78 is 0. The first-order valence-corrected chi connectivity index (χ1v) is 2.97. The second kappa shape index (κ2) is 2.88. The number of rotatable bonds is 1. The molecule has 1 aromatic rings. The van der Waals surface area contributed by atoms with Crippen molar-refractivity contribution in [2.75, 3.05) is 0 Å². The molecule has 5 nitrogen and oxygen atoms in total. The van der Waals surface area contributed by atoms with Crippen molar-refractivity contribution in [1.29, 1.82) is 5.26 Å². The average Bonchev–Trinajstić information content (AvgIpc) is 2.03. The van der Waals surface area contributed by atoms with E-state index in [1.807, 2.05) is 0 Å². The quantitative estimate of drug-likeness (QED) is 0.624. The first-order chi connectivity index (χ1) is 5.66. The molecular formula is C7H4N2O3. The van der Waals surface area contributed by atoms with Crippen LogP contribution in [0.5, 0.6) is 5.75 Å². The number of carbonyl (C=O) groups is 1. The van der Waals surface area contributed by atoms with Gasteiger partial charge in [0.2, 0.25) is 0 Å². The molecule has 0 aliphatic rings. The third kappa shape index (κ3) is 1.18. The van der Waals surface area contributed by atoms with Crippen molar-refractivity contribution in [1.82, 2.24) is 4.98 Å². The lowest BCUT2D eigenvalue weighted by atomic mass is 10.1. The average molecular weight is 164 g/mol. The summed E-state index contributed by atoms with van der Waals surface area (Å²) in [5.74, 6) is -1.84. The zero-order chi connectivity index (χ0) is 9.14. The maximum atomic E-state index is 10.5. The molecule has 0 bridgehead atoms. The van der Waals surface area contributed by atoms with E-state index in [0.717, 1.165) is 12.4 Å². The summed E-state index contributed by atoms with van der Waals surface area (Å²) in [6.45, 7) is 0. The molecule has 0 amide bonds. The summed E-state index contributed by atoms with van der Waals surface area (Å²) in [6, 6.07) is 1.61. The van der Waals surface area contributed by atoms with Crippen LogP contribution in [0.15, 0.2) is 12.4 Å². The highest BCUT2D eigenvalue weighted by Crippen LogP contribution is 2.18. The molecule has 1 heterocycles. The van der Waals surface area contributed by atoms with Crippen LogP contribution < -0.4 is 0 Å². The van der Waals surface area contributed by atoms with Gasteiger partial charge in [-0.05, 0) is 0 Å². The zero-order valence-corrected chi connectivity index (χ0v) is 5.85. The number of carboxylic acid groups (broad SMARTS) is 1. The van der Waals surface area contributed by atoms with Gasteiger partial charge in [0.05, 0.1) is 11.8 Å². The number of aromatic nitrogens is 1. The Bertz CT molecular complexity index is 367. The molecule has 1 aromatic heterocycles. The van der Waals surface area contributed by atoms with E-state index in [1.54, 1.807) is 6.07 Å². The van der Waals surface area contributed by atoms with Crippen LogP contribution in [0.4, 0.5) is 0 Å². The van der Waals surface area contributed by atoms with Crippen molar-refractivity contribution in [2.24, 2.45) is 0 Å². The Morgan fingerprint density at radius 2 is 2.25 bits per heavy atom. The van der Waals surface area contributed by atoms with Crippen LogP contribution in [-0.4, -0.2) is 21.2 Å². The Morgan fingerprint density at radius 1 is 1.58 bits per heavy atom. The third-order valence-corrected chi connectivity index (χ3v) is 1.26. The number of aromatic hydroxyl groups is 1. The molecule has 60 valence electrons. The van der Waals surface area contributed by atoms with Gasteiger partial charge in [-0.2, -0.15) is 5.26 Å². The summed E-state index contributed by atoms with van der Waals surface area (Å²) in [7, 11) is 0. The molecule has 1 rings (SSSR count). The summed E-state index contributed by atoms with van der Waals surface area (Å²) in [4.78, 5) is 13.9. The van der Waals surface area contributed by atoms with Crippen LogP contribution in [0, 0.1) is 11.3 Å². The summed E-state index contributed by atoms with van der Waals surface area (Å²) in [5.41, 5.74) is -0.560. The van der Waals surface area contributed by atoms with Crippen LogP contribution in [0.3, 0.4) is 0 Å². The van der Waals surface area contributed by atoms with E-state index in [1.165, 1.54) is 0 Å². The minimum absolute atomic E-state index is 0.150. The minimum atomic E-state index is -1.34. The Morgan fingerprint density at radius 3 is 2.67 bits per heavy atom. The molecule has 0 aliphatic heterocycles. The molecule has 0 fully saturated rings. The van der Waals surface area contributed by atoms with Crippen LogP contribution in [0.2, 0.25) is 0 Å². The SMILES string of the molecule is N#Cc1cncc(O)c1C(=O)O.